The predicted octanol–water partition coefficient (Wildman–Crippen LogP) is 2.54. The van der Waals surface area contributed by atoms with Crippen LogP contribution in [-0.4, -0.2) is 16.0 Å². The SMILES string of the molecule is CC(C)C(=O)O[C@H]1CCC[C@@H]1I. The number of hydrogen-bond donors (Lipinski definition) is 0. The average Bonchev–Trinajstić information content (AvgIpc) is 2.36. The van der Waals surface area contributed by atoms with E-state index in [1.807, 2.05) is 13.8 Å². The highest BCUT2D eigenvalue weighted by Gasteiger charge is 2.28. The minimum Gasteiger partial charge on any atom is -0.461 e. The summed E-state index contributed by atoms with van der Waals surface area (Å²) in [5.74, 6) is -0.0437. The molecule has 0 heterocycles. The second kappa shape index (κ2) is 4.44. The molecule has 70 valence electrons. The molecule has 0 bridgehead atoms. The van der Waals surface area contributed by atoms with Crippen molar-refractivity contribution < 1.29 is 9.53 Å². The highest BCUT2D eigenvalue weighted by atomic mass is 127. The Morgan fingerprint density at radius 1 is 1.50 bits per heavy atom. The number of carbonyl (C=O) groups is 1. The van der Waals surface area contributed by atoms with E-state index in [0.29, 0.717) is 3.92 Å². The molecule has 12 heavy (non-hydrogen) atoms. The van der Waals surface area contributed by atoms with Crippen molar-refractivity contribution in [3.63, 3.8) is 0 Å². The van der Waals surface area contributed by atoms with E-state index < -0.39 is 0 Å². The van der Waals surface area contributed by atoms with Gasteiger partial charge in [-0.25, -0.2) is 0 Å². The molecule has 0 aromatic heterocycles. The van der Waals surface area contributed by atoms with Gasteiger partial charge in [0.05, 0.1) is 5.92 Å². The Morgan fingerprint density at radius 3 is 2.58 bits per heavy atom. The largest absolute Gasteiger partial charge is 0.461 e. The molecule has 2 nitrogen and oxygen atoms in total. The van der Waals surface area contributed by atoms with E-state index in [9.17, 15) is 4.79 Å². The van der Waals surface area contributed by atoms with Crippen LogP contribution < -0.4 is 0 Å². The van der Waals surface area contributed by atoms with E-state index in [2.05, 4.69) is 22.6 Å². The second-order valence-corrected chi connectivity index (χ2v) is 5.18. The molecule has 0 N–H and O–H groups in total. The predicted molar refractivity (Wildman–Crippen MR) is 56.4 cm³/mol. The zero-order valence-corrected chi connectivity index (χ0v) is 9.71. The maximum absolute atomic E-state index is 11.2. The van der Waals surface area contributed by atoms with Crippen LogP contribution in [0.2, 0.25) is 0 Å². The van der Waals surface area contributed by atoms with Gasteiger partial charge in [-0.15, -0.1) is 0 Å². The van der Waals surface area contributed by atoms with Crippen LogP contribution >= 0.6 is 22.6 Å². The highest BCUT2D eigenvalue weighted by molar-refractivity contribution is 14.1. The maximum atomic E-state index is 11.2. The molecule has 1 aliphatic carbocycles. The third-order valence-electron chi connectivity index (χ3n) is 2.11. The fraction of sp³-hybridized carbons (Fsp3) is 0.889. The van der Waals surface area contributed by atoms with Crippen molar-refractivity contribution in [2.45, 2.75) is 43.1 Å². The molecule has 2 atom stereocenters. The Labute approximate surface area is 87.2 Å². The third kappa shape index (κ3) is 2.61. The Kier molecular flexibility index (Phi) is 3.80. The molecule has 0 radical (unpaired) electrons. The maximum Gasteiger partial charge on any atom is 0.308 e. The van der Waals surface area contributed by atoms with Gasteiger partial charge in [-0.1, -0.05) is 36.4 Å². The van der Waals surface area contributed by atoms with Crippen LogP contribution in [0.1, 0.15) is 33.1 Å². The average molecular weight is 282 g/mol. The van der Waals surface area contributed by atoms with E-state index in [1.165, 1.54) is 12.8 Å². The van der Waals surface area contributed by atoms with Crippen molar-refractivity contribution in [2.24, 2.45) is 5.92 Å². The molecule has 0 spiro atoms. The van der Waals surface area contributed by atoms with Gasteiger partial charge in [0.25, 0.3) is 0 Å². The van der Waals surface area contributed by atoms with Crippen molar-refractivity contribution >= 4 is 28.6 Å². The van der Waals surface area contributed by atoms with E-state index in [1.54, 1.807) is 0 Å². The summed E-state index contributed by atoms with van der Waals surface area (Å²) in [6, 6.07) is 0. The summed E-state index contributed by atoms with van der Waals surface area (Å²) in [6.07, 6.45) is 3.62. The number of rotatable bonds is 2. The lowest BCUT2D eigenvalue weighted by Gasteiger charge is -2.16. The number of halogens is 1. The molecule has 0 aromatic rings. The third-order valence-corrected chi connectivity index (χ3v) is 3.54. The number of ether oxygens (including phenoxy) is 1. The molecule has 0 aliphatic heterocycles. The summed E-state index contributed by atoms with van der Waals surface area (Å²) < 4.78 is 5.87. The first-order valence-corrected chi connectivity index (χ1v) is 5.70. The van der Waals surface area contributed by atoms with Crippen LogP contribution in [0.3, 0.4) is 0 Å². The van der Waals surface area contributed by atoms with Gasteiger partial charge in [-0.05, 0) is 19.3 Å². The van der Waals surface area contributed by atoms with Gasteiger partial charge in [0.2, 0.25) is 0 Å². The van der Waals surface area contributed by atoms with Crippen molar-refractivity contribution in [3.8, 4) is 0 Å². The summed E-state index contributed by atoms with van der Waals surface area (Å²) in [5.41, 5.74) is 0. The molecule has 1 saturated carbocycles. The van der Waals surface area contributed by atoms with Gasteiger partial charge in [-0.3, -0.25) is 4.79 Å². The minimum absolute atomic E-state index is 0.00852. The van der Waals surface area contributed by atoms with Gasteiger partial charge in [0.1, 0.15) is 6.10 Å². The summed E-state index contributed by atoms with van der Waals surface area (Å²) in [5, 5.41) is 0. The topological polar surface area (TPSA) is 26.3 Å². The molecule has 0 amide bonds. The lowest BCUT2D eigenvalue weighted by atomic mass is 10.2. The van der Waals surface area contributed by atoms with Crippen LogP contribution in [-0.2, 0) is 9.53 Å². The van der Waals surface area contributed by atoms with E-state index >= 15 is 0 Å². The zero-order valence-electron chi connectivity index (χ0n) is 7.55. The van der Waals surface area contributed by atoms with E-state index in [-0.39, 0.29) is 18.0 Å². The zero-order chi connectivity index (χ0) is 9.14. The van der Waals surface area contributed by atoms with Crippen molar-refractivity contribution in [3.05, 3.63) is 0 Å². The molecule has 1 aliphatic rings. The monoisotopic (exact) mass is 282 g/mol. The molecule has 0 aromatic carbocycles. The first-order chi connectivity index (χ1) is 5.61. The van der Waals surface area contributed by atoms with E-state index in [4.69, 9.17) is 4.74 Å². The Balaban J connectivity index is 2.35. The lowest BCUT2D eigenvalue weighted by molar-refractivity contribution is -0.152. The van der Waals surface area contributed by atoms with Crippen LogP contribution in [0.4, 0.5) is 0 Å². The quantitative estimate of drug-likeness (QED) is 0.442. The number of carbonyl (C=O) groups excluding carboxylic acids is 1. The summed E-state index contributed by atoms with van der Waals surface area (Å²) in [4.78, 5) is 11.2. The fourth-order valence-electron chi connectivity index (χ4n) is 1.30. The van der Waals surface area contributed by atoms with Gasteiger partial charge in [-0.2, -0.15) is 0 Å². The lowest BCUT2D eigenvalue weighted by Crippen LogP contribution is -2.24. The first kappa shape index (κ1) is 10.3. The smallest absolute Gasteiger partial charge is 0.308 e. The Hall–Kier alpha value is 0.200. The molecule has 3 heteroatoms. The minimum atomic E-state index is -0.0523. The molecular weight excluding hydrogens is 267 g/mol. The van der Waals surface area contributed by atoms with Crippen molar-refractivity contribution in [1.29, 1.82) is 0 Å². The standard InChI is InChI=1S/C9H15IO2/c1-6(2)9(11)12-8-5-3-4-7(8)10/h6-8H,3-5H2,1-2H3/t7-,8-/m0/s1. The van der Waals surface area contributed by atoms with Crippen LogP contribution in [0.25, 0.3) is 0 Å². The van der Waals surface area contributed by atoms with Gasteiger partial charge >= 0.3 is 5.97 Å². The van der Waals surface area contributed by atoms with E-state index in [0.717, 1.165) is 6.42 Å². The molecule has 1 rings (SSSR count). The number of hydrogen-bond acceptors (Lipinski definition) is 2. The van der Waals surface area contributed by atoms with Gasteiger partial charge in [0.15, 0.2) is 0 Å². The number of alkyl halides is 1. The van der Waals surface area contributed by atoms with Crippen molar-refractivity contribution in [2.75, 3.05) is 0 Å². The fourth-order valence-corrected chi connectivity index (χ4v) is 2.25. The van der Waals surface area contributed by atoms with Crippen LogP contribution in [0.15, 0.2) is 0 Å². The molecule has 0 saturated heterocycles. The molecular formula is C9H15IO2. The molecule has 1 fully saturated rings. The summed E-state index contributed by atoms with van der Waals surface area (Å²) in [6.45, 7) is 3.75. The summed E-state index contributed by atoms with van der Waals surface area (Å²) >= 11 is 2.37. The summed E-state index contributed by atoms with van der Waals surface area (Å²) in [7, 11) is 0. The highest BCUT2D eigenvalue weighted by Crippen LogP contribution is 2.29. The van der Waals surface area contributed by atoms with Gasteiger partial charge < -0.3 is 4.74 Å². The molecule has 0 unspecified atom stereocenters. The Bertz CT molecular complexity index is 168. The second-order valence-electron chi connectivity index (χ2n) is 3.58. The van der Waals surface area contributed by atoms with Crippen LogP contribution in [0.5, 0.6) is 0 Å². The van der Waals surface area contributed by atoms with Crippen LogP contribution in [0, 0.1) is 5.92 Å². The van der Waals surface area contributed by atoms with Crippen molar-refractivity contribution in [1.82, 2.24) is 0 Å². The first-order valence-electron chi connectivity index (χ1n) is 4.46. The normalized spacial score (nSPS) is 29.3. The van der Waals surface area contributed by atoms with Gasteiger partial charge in [0, 0.05) is 3.92 Å². The Morgan fingerprint density at radius 2 is 2.17 bits per heavy atom. The number of esters is 1.